The van der Waals surface area contributed by atoms with Gasteiger partial charge in [0, 0.05) is 20.3 Å². The van der Waals surface area contributed by atoms with Crippen LogP contribution in [0.15, 0.2) is 34.0 Å². The highest BCUT2D eigenvalue weighted by atomic mass is 19.1. The van der Waals surface area contributed by atoms with Crippen LogP contribution in [-0.2, 0) is 14.1 Å². The molecular formula is C17H14F2N4O3. The Hall–Kier alpha value is -3.36. The third-order valence-corrected chi connectivity index (χ3v) is 4.09. The van der Waals surface area contributed by atoms with Crippen LogP contribution in [0, 0.1) is 18.6 Å². The molecule has 1 amide bonds. The van der Waals surface area contributed by atoms with E-state index in [-0.39, 0.29) is 16.7 Å². The van der Waals surface area contributed by atoms with E-state index in [1.54, 1.807) is 6.92 Å². The molecule has 0 saturated heterocycles. The van der Waals surface area contributed by atoms with Crippen LogP contribution >= 0.6 is 0 Å². The van der Waals surface area contributed by atoms with Crippen LogP contribution in [0.2, 0.25) is 0 Å². The van der Waals surface area contributed by atoms with Gasteiger partial charge in [-0.25, -0.2) is 18.6 Å². The third kappa shape index (κ3) is 2.57. The Labute approximate surface area is 145 Å². The van der Waals surface area contributed by atoms with E-state index in [1.165, 1.54) is 20.3 Å². The zero-order chi connectivity index (χ0) is 19.2. The van der Waals surface area contributed by atoms with Crippen molar-refractivity contribution in [2.45, 2.75) is 6.92 Å². The quantitative estimate of drug-likeness (QED) is 0.750. The maximum atomic E-state index is 13.9. The lowest BCUT2D eigenvalue weighted by atomic mass is 10.1. The number of carbonyl (C=O) groups excluding carboxylic acids is 1. The predicted molar refractivity (Wildman–Crippen MR) is 91.3 cm³/mol. The van der Waals surface area contributed by atoms with Crippen molar-refractivity contribution in [1.29, 1.82) is 0 Å². The van der Waals surface area contributed by atoms with Gasteiger partial charge in [0.05, 0.1) is 5.69 Å². The van der Waals surface area contributed by atoms with Crippen molar-refractivity contribution < 1.29 is 13.6 Å². The van der Waals surface area contributed by atoms with E-state index in [0.717, 1.165) is 27.3 Å². The molecule has 134 valence electrons. The number of pyridine rings is 1. The molecule has 0 unspecified atom stereocenters. The normalized spacial score (nSPS) is 11.0. The van der Waals surface area contributed by atoms with Gasteiger partial charge in [-0.15, -0.1) is 0 Å². The minimum Gasteiger partial charge on any atom is -0.321 e. The molecule has 7 nitrogen and oxygen atoms in total. The molecule has 0 atom stereocenters. The number of anilines is 1. The van der Waals surface area contributed by atoms with E-state index < -0.39 is 34.4 Å². The molecule has 9 heteroatoms. The number of nitrogens with one attached hydrogen (secondary N) is 1. The molecule has 0 fully saturated rings. The number of aryl methyl sites for hydroxylation is 2. The van der Waals surface area contributed by atoms with Gasteiger partial charge in [-0.2, -0.15) is 0 Å². The summed E-state index contributed by atoms with van der Waals surface area (Å²) in [5.74, 6) is -3.11. The van der Waals surface area contributed by atoms with Gasteiger partial charge in [0.2, 0.25) is 0 Å². The summed E-state index contributed by atoms with van der Waals surface area (Å²) in [6.07, 6.45) is 1.36. The smallest absolute Gasteiger partial charge is 0.321 e. The van der Waals surface area contributed by atoms with Crippen molar-refractivity contribution in [2.75, 3.05) is 5.32 Å². The molecule has 1 N–H and O–H groups in total. The molecule has 0 aliphatic heterocycles. The molecule has 3 rings (SSSR count). The summed E-state index contributed by atoms with van der Waals surface area (Å²) in [5, 5.41) is 2.35. The van der Waals surface area contributed by atoms with Crippen LogP contribution in [0.25, 0.3) is 11.0 Å². The second-order valence-corrected chi connectivity index (χ2v) is 5.77. The first-order valence-electron chi connectivity index (χ1n) is 7.54. The largest absolute Gasteiger partial charge is 0.332 e. The number of aromatic nitrogens is 3. The first-order chi connectivity index (χ1) is 12.2. The molecular weight excluding hydrogens is 346 g/mol. The topological polar surface area (TPSA) is 86.0 Å². The molecule has 1 aromatic carbocycles. The number of halogens is 2. The van der Waals surface area contributed by atoms with Gasteiger partial charge in [0.15, 0.2) is 5.65 Å². The Kier molecular flexibility index (Phi) is 4.15. The zero-order valence-corrected chi connectivity index (χ0v) is 14.1. The van der Waals surface area contributed by atoms with Crippen LogP contribution in [0.4, 0.5) is 14.5 Å². The number of carbonyl (C=O) groups is 1. The molecule has 26 heavy (non-hydrogen) atoms. The summed E-state index contributed by atoms with van der Waals surface area (Å²) in [6.45, 7) is 1.57. The molecule has 0 spiro atoms. The molecule has 3 aromatic rings. The van der Waals surface area contributed by atoms with Gasteiger partial charge in [-0.3, -0.25) is 18.7 Å². The highest BCUT2D eigenvalue weighted by molar-refractivity contribution is 6.09. The molecule has 0 bridgehead atoms. The van der Waals surface area contributed by atoms with Crippen molar-refractivity contribution in [3.8, 4) is 0 Å². The number of amides is 1. The zero-order valence-electron chi connectivity index (χ0n) is 14.1. The summed E-state index contributed by atoms with van der Waals surface area (Å²) in [6, 6.07) is 3.05. The highest BCUT2D eigenvalue weighted by Crippen LogP contribution is 2.23. The lowest BCUT2D eigenvalue weighted by Gasteiger charge is -2.14. The Balaban J connectivity index is 2.26. The predicted octanol–water partition coefficient (Wildman–Crippen LogP) is 1.47. The Morgan fingerprint density at radius 1 is 1.12 bits per heavy atom. The fourth-order valence-electron chi connectivity index (χ4n) is 2.67. The number of benzene rings is 1. The van der Waals surface area contributed by atoms with E-state index >= 15 is 0 Å². The number of rotatable bonds is 2. The highest BCUT2D eigenvalue weighted by Gasteiger charge is 2.21. The van der Waals surface area contributed by atoms with Crippen molar-refractivity contribution in [1.82, 2.24) is 14.1 Å². The molecule has 2 aromatic heterocycles. The standard InChI is InChI=1S/C17H14F2N4O3/c1-8-7-20-14-12(16(25)23(3)17(26)22(14)2)13(8)21-15(24)11-9(18)5-4-6-10(11)19/h4-7H,1-3H3,(H,20,21,24). The Bertz CT molecular complexity index is 1160. The van der Waals surface area contributed by atoms with Gasteiger partial charge in [-0.1, -0.05) is 6.07 Å². The average molecular weight is 360 g/mol. The van der Waals surface area contributed by atoms with Gasteiger partial charge in [-0.05, 0) is 24.6 Å². The van der Waals surface area contributed by atoms with Gasteiger partial charge >= 0.3 is 5.69 Å². The summed E-state index contributed by atoms with van der Waals surface area (Å²) in [5.41, 5.74) is -1.54. The first kappa shape index (κ1) is 17.5. The first-order valence-corrected chi connectivity index (χ1v) is 7.54. The van der Waals surface area contributed by atoms with Gasteiger partial charge in [0.1, 0.15) is 22.6 Å². The van der Waals surface area contributed by atoms with Crippen molar-refractivity contribution >= 4 is 22.6 Å². The number of hydrogen-bond acceptors (Lipinski definition) is 4. The summed E-state index contributed by atoms with van der Waals surface area (Å²) < 4.78 is 29.7. The lowest BCUT2D eigenvalue weighted by molar-refractivity contribution is 0.101. The van der Waals surface area contributed by atoms with Crippen molar-refractivity contribution in [3.63, 3.8) is 0 Å². The second-order valence-electron chi connectivity index (χ2n) is 5.77. The van der Waals surface area contributed by atoms with E-state index in [9.17, 15) is 23.2 Å². The Morgan fingerprint density at radius 2 is 1.73 bits per heavy atom. The molecule has 2 heterocycles. The second kappa shape index (κ2) is 6.17. The van der Waals surface area contributed by atoms with Crippen LogP contribution in [-0.4, -0.2) is 20.0 Å². The van der Waals surface area contributed by atoms with E-state index in [2.05, 4.69) is 10.3 Å². The fraction of sp³-hybridized carbons (Fsp3) is 0.176. The maximum Gasteiger partial charge on any atom is 0.332 e. The van der Waals surface area contributed by atoms with Crippen molar-refractivity contribution in [2.24, 2.45) is 14.1 Å². The maximum absolute atomic E-state index is 13.9. The Morgan fingerprint density at radius 3 is 2.35 bits per heavy atom. The minimum atomic E-state index is -1.05. The lowest BCUT2D eigenvalue weighted by Crippen LogP contribution is -2.38. The van der Waals surface area contributed by atoms with Gasteiger partial charge in [0.25, 0.3) is 11.5 Å². The molecule has 0 aliphatic carbocycles. The molecule has 0 saturated carbocycles. The van der Waals surface area contributed by atoms with Crippen molar-refractivity contribution in [3.05, 3.63) is 68.0 Å². The number of hydrogen-bond donors (Lipinski definition) is 1. The van der Waals surface area contributed by atoms with E-state index in [0.29, 0.717) is 5.56 Å². The van der Waals surface area contributed by atoms with Crippen LogP contribution in [0.5, 0.6) is 0 Å². The third-order valence-electron chi connectivity index (χ3n) is 4.09. The van der Waals surface area contributed by atoms with E-state index in [1.807, 2.05) is 0 Å². The monoisotopic (exact) mass is 360 g/mol. The molecule has 0 aliphatic rings. The number of fused-ring (bicyclic) bond motifs is 1. The SMILES string of the molecule is Cc1cnc2c(c1NC(=O)c1c(F)cccc1F)c(=O)n(C)c(=O)n2C. The summed E-state index contributed by atoms with van der Waals surface area (Å²) in [4.78, 5) is 41.0. The molecule has 0 radical (unpaired) electrons. The average Bonchev–Trinajstić information content (AvgIpc) is 2.59. The minimum absolute atomic E-state index is 0.0281. The van der Waals surface area contributed by atoms with Crippen LogP contribution in [0.1, 0.15) is 15.9 Å². The van der Waals surface area contributed by atoms with Crippen LogP contribution < -0.4 is 16.6 Å². The van der Waals surface area contributed by atoms with E-state index in [4.69, 9.17) is 0 Å². The summed E-state index contributed by atoms with van der Waals surface area (Å²) >= 11 is 0. The number of nitrogens with zero attached hydrogens (tertiary/aromatic N) is 3. The summed E-state index contributed by atoms with van der Waals surface area (Å²) in [7, 11) is 2.71. The van der Waals surface area contributed by atoms with Crippen LogP contribution in [0.3, 0.4) is 0 Å². The fourth-order valence-corrected chi connectivity index (χ4v) is 2.67. The van der Waals surface area contributed by atoms with Gasteiger partial charge < -0.3 is 5.32 Å².